The van der Waals surface area contributed by atoms with E-state index in [1.54, 1.807) is 0 Å². The van der Waals surface area contributed by atoms with Crippen molar-refractivity contribution in [2.45, 2.75) is 0 Å². The van der Waals surface area contributed by atoms with Gasteiger partial charge in [-0.3, -0.25) is 0 Å². The van der Waals surface area contributed by atoms with Gasteiger partial charge in [-0.1, -0.05) is 0 Å². The van der Waals surface area contributed by atoms with Crippen LogP contribution < -0.4 is 0 Å². The van der Waals surface area contributed by atoms with Gasteiger partial charge in [0.05, 0.1) is 0 Å². The van der Waals surface area contributed by atoms with Crippen molar-refractivity contribution in [3.63, 3.8) is 0 Å². The molecule has 0 aliphatic heterocycles. The van der Waals surface area contributed by atoms with Crippen LogP contribution in [-0.2, 0) is 26.5 Å². The van der Waals surface area contributed by atoms with Crippen molar-refractivity contribution in [3.05, 3.63) is 0 Å². The van der Waals surface area contributed by atoms with Crippen LogP contribution in [0.1, 0.15) is 0 Å². The number of carbonyl (C=O) groups excluding carboxylic acids is 1. The molecule has 0 fully saturated rings. The molecular weight excluding hydrogens is 213 g/mol. The molecule has 0 radical (unpaired) electrons. The summed E-state index contributed by atoms with van der Waals surface area (Å²) in [5.74, 6) is 0. The van der Waals surface area contributed by atoms with Crippen LogP contribution in [-0.4, -0.2) is 55.7 Å². The monoisotopic (exact) mass is 218 g/mol. The first kappa shape index (κ1) is 16.7. The predicted octanol–water partition coefficient (Wildman–Crippen LogP) is -1.10. The molecule has 1 nitrogen and oxygen atoms in total. The second-order valence-corrected chi connectivity index (χ2v) is 0. The molecule has 0 saturated carbocycles. The zero-order valence-electron chi connectivity index (χ0n) is 1.62. The van der Waals surface area contributed by atoms with E-state index in [9.17, 15) is 0 Å². The molecule has 0 saturated heterocycles. The van der Waals surface area contributed by atoms with Gasteiger partial charge in [0, 0.05) is 21.7 Å². The van der Waals surface area contributed by atoms with E-state index >= 15 is 0 Å². The zero-order valence-corrected chi connectivity index (χ0v) is 3.18. The van der Waals surface area contributed by atoms with Crippen molar-refractivity contribution in [2.24, 2.45) is 0 Å². The van der Waals surface area contributed by atoms with E-state index in [0.29, 0.717) is 0 Å². The maximum absolute atomic E-state index is 8.00. The molecule has 4 heavy (non-hydrogen) atoms. The van der Waals surface area contributed by atoms with Gasteiger partial charge in [-0.25, -0.2) is 0 Å². The van der Waals surface area contributed by atoms with Crippen molar-refractivity contribution in [3.8, 4) is 0 Å². The van der Waals surface area contributed by atoms with E-state index in [-0.39, 0.29) is 70.6 Å². The molecule has 0 atom stereocenters. The molecule has 0 N–H and O–H groups in total. The summed E-state index contributed by atoms with van der Waals surface area (Å²) in [6.45, 7) is 2.00. The molecule has 0 aliphatic rings. The Morgan fingerprint density at radius 3 is 1.25 bits per heavy atom. The van der Waals surface area contributed by atoms with E-state index in [1.807, 2.05) is 6.79 Å². The third-order valence-corrected chi connectivity index (χ3v) is 0. The minimum atomic E-state index is 0. The summed E-state index contributed by atoms with van der Waals surface area (Å²) in [5.41, 5.74) is 0. The quantitative estimate of drug-likeness (QED) is 0.471. The van der Waals surface area contributed by atoms with Gasteiger partial charge in [0.2, 0.25) is 0 Å². The van der Waals surface area contributed by atoms with E-state index in [2.05, 4.69) is 0 Å². The maximum atomic E-state index is 8.00. The Bertz CT molecular complexity index is 8.00. The minimum absolute atomic E-state index is 0. The summed E-state index contributed by atoms with van der Waals surface area (Å²) in [7, 11) is 0. The van der Waals surface area contributed by atoms with Gasteiger partial charge in [0.1, 0.15) is 6.79 Å². The summed E-state index contributed by atoms with van der Waals surface area (Å²) < 4.78 is 0. The fourth-order valence-electron chi connectivity index (χ4n) is 0. The third kappa shape index (κ3) is 9.04. The van der Waals surface area contributed by atoms with Crippen LogP contribution in [0.15, 0.2) is 0 Å². The Labute approximate surface area is 80.5 Å². The van der Waals surface area contributed by atoms with E-state index in [4.69, 9.17) is 4.79 Å². The second-order valence-electron chi connectivity index (χ2n) is 0. The largest absolute Gasteiger partial charge is 0 e. The molecule has 0 rings (SSSR count). The average Bonchev–Trinajstić information content (AvgIpc) is 1.00. The first-order chi connectivity index (χ1) is 1.00. The molecule has 0 aliphatic carbocycles. The number of hydrogen-bond donors (Lipinski definition) is 0. The summed E-state index contributed by atoms with van der Waals surface area (Å²) in [5, 5.41) is 0. The smallest absolute Gasteiger partial charge is 0 e. The number of carbonyl (C=O) groups is 1. The first-order valence-electron chi connectivity index (χ1n) is 0.289. The standard InChI is InChI=1S/CH2O.Ba.Ti.2H/c1-2;;;;/h1H2;;;;. The van der Waals surface area contributed by atoms with E-state index in [0.717, 1.165) is 0 Å². The van der Waals surface area contributed by atoms with Crippen molar-refractivity contribution in [1.29, 1.82) is 0 Å². The number of hydrogen-bond acceptors (Lipinski definition) is 1. The summed E-state index contributed by atoms with van der Waals surface area (Å²) >= 11 is 0. The Morgan fingerprint density at radius 1 is 1.25 bits per heavy atom. The van der Waals surface area contributed by atoms with Crippen LogP contribution in [0.25, 0.3) is 0 Å². The third-order valence-electron chi connectivity index (χ3n) is 0. The van der Waals surface area contributed by atoms with Gasteiger partial charge >= 0.3 is 48.9 Å². The maximum Gasteiger partial charge on any atom is 0 e. The summed E-state index contributed by atoms with van der Waals surface area (Å²) in [6.07, 6.45) is 0. The fourth-order valence-corrected chi connectivity index (χ4v) is 0. The van der Waals surface area contributed by atoms with Crippen molar-refractivity contribution < 1.29 is 26.5 Å². The molecule has 0 amide bonds. The molecule has 20 valence electrons. The van der Waals surface area contributed by atoms with Gasteiger partial charge < -0.3 is 4.79 Å². The van der Waals surface area contributed by atoms with Crippen LogP contribution in [0.5, 0.6) is 0 Å². The molecule has 0 heterocycles. The van der Waals surface area contributed by atoms with Crippen LogP contribution in [0.4, 0.5) is 0 Å². The van der Waals surface area contributed by atoms with Crippen LogP contribution in [0, 0.1) is 0 Å². The molecule has 3 heteroatoms. The second kappa shape index (κ2) is 20.3. The van der Waals surface area contributed by atoms with E-state index < -0.39 is 0 Å². The van der Waals surface area contributed by atoms with Crippen LogP contribution in [0.2, 0.25) is 0 Å². The van der Waals surface area contributed by atoms with Gasteiger partial charge in [-0.2, -0.15) is 0 Å². The normalized spacial score (nSPS) is 1.00. The van der Waals surface area contributed by atoms with Crippen molar-refractivity contribution in [1.82, 2.24) is 0 Å². The Hall–Kier alpha value is 1.96. The molecule has 0 aromatic carbocycles. The number of rotatable bonds is 0. The molecule has 0 bridgehead atoms. The van der Waals surface area contributed by atoms with Gasteiger partial charge in [-0.05, 0) is 0 Å². The SMILES string of the molecule is C=O.[BaH2].[Ti]. The average molecular weight is 217 g/mol. The van der Waals surface area contributed by atoms with Crippen LogP contribution >= 0.6 is 0 Å². The van der Waals surface area contributed by atoms with Crippen molar-refractivity contribution in [2.75, 3.05) is 0 Å². The minimum Gasteiger partial charge on any atom is 0 e. The van der Waals surface area contributed by atoms with Gasteiger partial charge in [-0.15, -0.1) is 0 Å². The zero-order chi connectivity index (χ0) is 2.00. The predicted molar refractivity (Wildman–Crippen MR) is 15.7 cm³/mol. The Morgan fingerprint density at radius 2 is 1.25 bits per heavy atom. The Kier molecular flexibility index (Phi) is 84.9. The molecule has 0 aromatic rings. The summed E-state index contributed by atoms with van der Waals surface area (Å²) in [6, 6.07) is 0. The van der Waals surface area contributed by atoms with Gasteiger partial charge in [0.15, 0.2) is 0 Å². The van der Waals surface area contributed by atoms with Crippen LogP contribution in [0.3, 0.4) is 0 Å². The Balaban J connectivity index is -0.00000000500. The topological polar surface area (TPSA) is 17.1 Å². The van der Waals surface area contributed by atoms with Gasteiger partial charge in [0.25, 0.3) is 0 Å². The fraction of sp³-hybridized carbons (Fsp3) is 0. The van der Waals surface area contributed by atoms with Crippen molar-refractivity contribution >= 4 is 55.7 Å². The van der Waals surface area contributed by atoms with E-state index in [1.165, 1.54) is 0 Å². The molecule has 0 aromatic heterocycles. The first-order valence-corrected chi connectivity index (χ1v) is 0.289. The molecular formula is CH4BaOTi. The molecule has 0 unspecified atom stereocenters. The summed E-state index contributed by atoms with van der Waals surface area (Å²) in [4.78, 5) is 8.00. The molecule has 0 spiro atoms.